The summed E-state index contributed by atoms with van der Waals surface area (Å²) < 4.78 is 36.0. The molecule has 12 heteroatoms. The highest BCUT2D eigenvalue weighted by atomic mass is 19.2. The number of imidazole rings is 1. The number of rotatable bonds is 4. The molecule has 0 amide bonds. The highest BCUT2D eigenvalue weighted by Gasteiger charge is 2.42. The highest BCUT2D eigenvalue weighted by molar-refractivity contribution is 5.54. The molecule has 0 spiro atoms. The van der Waals surface area contributed by atoms with Crippen LogP contribution >= 0.6 is 0 Å². The van der Waals surface area contributed by atoms with Crippen LogP contribution in [0.25, 0.3) is 11.4 Å². The van der Waals surface area contributed by atoms with Crippen LogP contribution in [-0.4, -0.2) is 52.8 Å². The summed E-state index contributed by atoms with van der Waals surface area (Å²) in [6.07, 6.45) is 1.38. The molecule has 0 bridgehead atoms. The van der Waals surface area contributed by atoms with Crippen LogP contribution < -0.4 is 4.74 Å². The van der Waals surface area contributed by atoms with Gasteiger partial charge >= 0.3 is 11.8 Å². The molecule has 3 aromatic rings. The molecule has 0 N–H and O–H groups in total. The Labute approximate surface area is 168 Å². The summed E-state index contributed by atoms with van der Waals surface area (Å²) in [6, 6.07) is 3.84. The number of benzene rings is 1. The smallest absolute Gasteiger partial charge is 0.415 e. The van der Waals surface area contributed by atoms with Gasteiger partial charge in [-0.1, -0.05) is 0 Å². The fraction of sp³-hybridized carbons (Fsp3) is 0.389. The van der Waals surface area contributed by atoms with Crippen molar-refractivity contribution < 1.29 is 18.4 Å². The lowest BCUT2D eigenvalue weighted by Gasteiger charge is -2.32. The molecule has 2 aromatic heterocycles. The van der Waals surface area contributed by atoms with Gasteiger partial charge in [-0.3, -0.25) is 9.47 Å². The minimum Gasteiger partial charge on any atom is -0.436 e. The first-order valence-electron chi connectivity index (χ1n) is 9.32. The number of hydrogen-bond acceptors (Lipinski definition) is 7. The van der Waals surface area contributed by atoms with Gasteiger partial charge in [0.05, 0.1) is 19.6 Å². The Morgan fingerprint density at radius 1 is 1.27 bits per heavy atom. The number of hydrogen-bond donors (Lipinski definition) is 0. The number of fused-ring (bicyclic) bond motifs is 2. The maximum Gasteiger partial charge on any atom is 0.415 e. The monoisotopic (exact) mass is 417 g/mol. The molecule has 0 saturated carbocycles. The van der Waals surface area contributed by atoms with E-state index in [-0.39, 0.29) is 11.8 Å². The molecule has 0 radical (unpaired) electrons. The Kier molecular flexibility index (Phi) is 4.07. The van der Waals surface area contributed by atoms with E-state index < -0.39 is 22.2 Å². The van der Waals surface area contributed by atoms with E-state index >= 15 is 0 Å². The molecule has 156 valence electrons. The number of ether oxygens (including phenoxy) is 1. The predicted molar refractivity (Wildman–Crippen MR) is 98.6 cm³/mol. The normalized spacial score (nSPS) is 20.6. The molecule has 2 aliphatic rings. The van der Waals surface area contributed by atoms with E-state index in [0.717, 1.165) is 18.0 Å². The highest BCUT2D eigenvalue weighted by Crippen LogP contribution is 2.32. The minimum atomic E-state index is -0.939. The van der Waals surface area contributed by atoms with Gasteiger partial charge in [0.2, 0.25) is 0 Å². The number of aromatic nitrogens is 5. The third-order valence-corrected chi connectivity index (χ3v) is 5.23. The maximum atomic E-state index is 13.5. The van der Waals surface area contributed by atoms with Crippen molar-refractivity contribution in [1.29, 1.82) is 0 Å². The summed E-state index contributed by atoms with van der Waals surface area (Å²) in [6.45, 7) is 4.76. The van der Waals surface area contributed by atoms with Gasteiger partial charge in [0.1, 0.15) is 17.6 Å². The van der Waals surface area contributed by atoms with E-state index in [4.69, 9.17) is 4.74 Å². The largest absolute Gasteiger partial charge is 0.436 e. The molecule has 2 aliphatic heterocycles. The molecule has 0 unspecified atom stereocenters. The fourth-order valence-corrected chi connectivity index (χ4v) is 3.91. The summed E-state index contributed by atoms with van der Waals surface area (Å²) >= 11 is 0. The quantitative estimate of drug-likeness (QED) is 0.472. The van der Waals surface area contributed by atoms with E-state index in [0.29, 0.717) is 44.1 Å². The molecular weight excluding hydrogens is 400 g/mol. The van der Waals surface area contributed by atoms with Gasteiger partial charge in [-0.2, -0.15) is 5.10 Å². The van der Waals surface area contributed by atoms with Crippen LogP contribution in [0.1, 0.15) is 12.7 Å². The minimum absolute atomic E-state index is 0.233. The van der Waals surface area contributed by atoms with Crippen molar-refractivity contribution in [1.82, 2.24) is 29.2 Å². The third kappa shape index (κ3) is 3.18. The van der Waals surface area contributed by atoms with Crippen molar-refractivity contribution in [2.45, 2.75) is 32.2 Å². The van der Waals surface area contributed by atoms with E-state index in [9.17, 15) is 18.9 Å². The van der Waals surface area contributed by atoms with Crippen molar-refractivity contribution in [3.63, 3.8) is 0 Å². The second kappa shape index (κ2) is 6.55. The van der Waals surface area contributed by atoms with Gasteiger partial charge in [-0.25, -0.2) is 18.4 Å². The SMILES string of the molecule is C[C@]1(CN2CCn3nc(-c4ccc(F)c(F)c4)nc3C2)Cn2cc([N+](=O)[O-])nc2O1. The van der Waals surface area contributed by atoms with Crippen molar-refractivity contribution in [2.75, 3.05) is 13.1 Å². The molecule has 4 heterocycles. The van der Waals surface area contributed by atoms with Crippen LogP contribution in [0.5, 0.6) is 6.01 Å². The van der Waals surface area contributed by atoms with E-state index in [1.165, 1.54) is 12.3 Å². The van der Waals surface area contributed by atoms with E-state index in [2.05, 4.69) is 20.0 Å². The lowest BCUT2D eigenvalue weighted by molar-refractivity contribution is -0.389. The lowest BCUT2D eigenvalue weighted by Crippen LogP contribution is -2.47. The maximum absolute atomic E-state index is 13.5. The van der Waals surface area contributed by atoms with Crippen molar-refractivity contribution in [3.05, 3.63) is 52.0 Å². The Balaban J connectivity index is 1.29. The Hall–Kier alpha value is -3.41. The lowest BCUT2D eigenvalue weighted by atomic mass is 10.1. The zero-order valence-corrected chi connectivity index (χ0v) is 16.0. The number of halogens is 2. The summed E-state index contributed by atoms with van der Waals surface area (Å²) in [5.74, 6) is -1.02. The van der Waals surface area contributed by atoms with Gasteiger partial charge in [-0.15, -0.1) is 0 Å². The molecule has 0 saturated heterocycles. The second-order valence-electron chi connectivity index (χ2n) is 7.73. The van der Waals surface area contributed by atoms with Crippen LogP contribution in [0.4, 0.5) is 14.6 Å². The van der Waals surface area contributed by atoms with Crippen molar-refractivity contribution >= 4 is 5.82 Å². The van der Waals surface area contributed by atoms with Crippen LogP contribution in [0.15, 0.2) is 24.4 Å². The molecule has 5 rings (SSSR count). The number of nitrogens with zero attached hydrogens (tertiary/aromatic N) is 7. The average molecular weight is 417 g/mol. The Bertz CT molecular complexity index is 1140. The van der Waals surface area contributed by atoms with Gasteiger partial charge in [0.25, 0.3) is 0 Å². The van der Waals surface area contributed by atoms with Crippen molar-refractivity contribution in [3.8, 4) is 17.4 Å². The van der Waals surface area contributed by atoms with Gasteiger partial charge in [0.15, 0.2) is 17.5 Å². The Morgan fingerprint density at radius 2 is 2.10 bits per heavy atom. The topological polar surface area (TPSA) is 104 Å². The van der Waals surface area contributed by atoms with Crippen LogP contribution in [0.3, 0.4) is 0 Å². The average Bonchev–Trinajstić information content (AvgIpc) is 3.34. The summed E-state index contributed by atoms with van der Waals surface area (Å²) in [4.78, 5) is 20.8. The molecule has 1 aromatic carbocycles. The standard InChI is InChI=1S/C18H17F2N7O3/c1-18(10-25-8-15(27(28)29)22-17(25)30-18)9-24-4-5-26-14(7-24)21-16(23-26)11-2-3-12(19)13(20)6-11/h2-3,6,8H,4-5,7,9-10H2,1H3/t18-/m0/s1. The van der Waals surface area contributed by atoms with Gasteiger partial charge < -0.3 is 14.9 Å². The van der Waals surface area contributed by atoms with E-state index in [1.54, 1.807) is 9.25 Å². The summed E-state index contributed by atoms with van der Waals surface area (Å²) in [5, 5.41) is 15.3. The Morgan fingerprint density at radius 3 is 2.83 bits per heavy atom. The van der Waals surface area contributed by atoms with E-state index in [1.807, 2.05) is 6.92 Å². The molecule has 0 aliphatic carbocycles. The first-order chi connectivity index (χ1) is 14.3. The van der Waals surface area contributed by atoms with Crippen LogP contribution in [0.2, 0.25) is 0 Å². The molecular formula is C18H17F2N7O3. The number of nitro groups is 1. The zero-order valence-electron chi connectivity index (χ0n) is 16.0. The summed E-state index contributed by atoms with van der Waals surface area (Å²) in [5.41, 5.74) is -0.164. The van der Waals surface area contributed by atoms with Gasteiger partial charge in [-0.05, 0) is 30.0 Å². The molecule has 0 fully saturated rings. The van der Waals surface area contributed by atoms with Crippen molar-refractivity contribution in [2.24, 2.45) is 0 Å². The molecule has 10 nitrogen and oxygen atoms in total. The first kappa shape index (κ1) is 18.6. The second-order valence-corrected chi connectivity index (χ2v) is 7.73. The van der Waals surface area contributed by atoms with Gasteiger partial charge in [0, 0.05) is 23.6 Å². The van der Waals surface area contributed by atoms with Crippen LogP contribution in [-0.2, 0) is 19.6 Å². The predicted octanol–water partition coefficient (Wildman–Crippen LogP) is 1.99. The summed E-state index contributed by atoms with van der Waals surface area (Å²) in [7, 11) is 0. The zero-order chi connectivity index (χ0) is 21.0. The fourth-order valence-electron chi connectivity index (χ4n) is 3.91. The molecule has 30 heavy (non-hydrogen) atoms. The third-order valence-electron chi connectivity index (χ3n) is 5.23. The van der Waals surface area contributed by atoms with Crippen LogP contribution in [0, 0.1) is 21.7 Å². The molecule has 1 atom stereocenters. The first-order valence-corrected chi connectivity index (χ1v) is 9.32.